The molecule has 0 saturated carbocycles. The van der Waals surface area contributed by atoms with Crippen molar-refractivity contribution in [1.82, 2.24) is 0 Å². The molecule has 0 saturated heterocycles. The first-order chi connectivity index (χ1) is 13.9. The van der Waals surface area contributed by atoms with E-state index in [2.05, 4.69) is 32.9 Å². The molecule has 1 aliphatic carbocycles. The molecule has 0 amide bonds. The summed E-state index contributed by atoms with van der Waals surface area (Å²) in [4.78, 5) is 16.2. The summed E-state index contributed by atoms with van der Waals surface area (Å²) < 4.78 is 20.2. The standard InChI is InChI=1S/C24H29FO.CO2/c1-5-19-12-13-24(18(4)17(19)3)26-15-21-8-6-7-9-22(21)20-11-10-16(2)23(25)14-20;2-1-3/h10-14H,5-9,15H2,1-4H3;. The first kappa shape index (κ1) is 22.6. The van der Waals surface area contributed by atoms with Crippen molar-refractivity contribution >= 4 is 11.7 Å². The highest BCUT2D eigenvalue weighted by Gasteiger charge is 2.17. The molecule has 2 aromatic carbocycles. The Kier molecular flexibility index (Phi) is 8.35. The number of aryl methyl sites for hydroxylation is 2. The monoisotopic (exact) mass is 396 g/mol. The lowest BCUT2D eigenvalue weighted by Gasteiger charge is -2.22. The number of ether oxygens (including phenoxy) is 1. The molecule has 3 nitrogen and oxygen atoms in total. The van der Waals surface area contributed by atoms with Crippen molar-refractivity contribution in [2.24, 2.45) is 0 Å². The van der Waals surface area contributed by atoms with Crippen LogP contribution in [-0.2, 0) is 16.0 Å². The van der Waals surface area contributed by atoms with E-state index >= 15 is 0 Å². The minimum Gasteiger partial charge on any atom is -0.489 e. The predicted molar refractivity (Wildman–Crippen MR) is 112 cm³/mol. The molecule has 0 aliphatic heterocycles. The molecule has 29 heavy (non-hydrogen) atoms. The van der Waals surface area contributed by atoms with Gasteiger partial charge in [-0.1, -0.05) is 25.1 Å². The van der Waals surface area contributed by atoms with Crippen LogP contribution < -0.4 is 4.74 Å². The summed E-state index contributed by atoms with van der Waals surface area (Å²) in [6.07, 6.45) is 5.69. The number of hydrogen-bond acceptors (Lipinski definition) is 3. The highest BCUT2D eigenvalue weighted by Crippen LogP contribution is 2.34. The van der Waals surface area contributed by atoms with Gasteiger partial charge in [-0.2, -0.15) is 9.59 Å². The van der Waals surface area contributed by atoms with Crippen molar-refractivity contribution in [2.45, 2.75) is 59.8 Å². The lowest BCUT2D eigenvalue weighted by atomic mass is 9.87. The van der Waals surface area contributed by atoms with E-state index in [-0.39, 0.29) is 12.0 Å². The van der Waals surface area contributed by atoms with Gasteiger partial charge in [0.05, 0.1) is 0 Å². The van der Waals surface area contributed by atoms with Gasteiger partial charge < -0.3 is 4.74 Å². The van der Waals surface area contributed by atoms with Gasteiger partial charge in [0.25, 0.3) is 0 Å². The third-order valence-electron chi connectivity index (χ3n) is 5.73. The second kappa shape index (κ2) is 10.7. The van der Waals surface area contributed by atoms with Crippen molar-refractivity contribution in [1.29, 1.82) is 0 Å². The third-order valence-corrected chi connectivity index (χ3v) is 5.73. The van der Waals surface area contributed by atoms with Gasteiger partial charge in [0.15, 0.2) is 0 Å². The quantitative estimate of drug-likeness (QED) is 0.610. The molecule has 2 aromatic rings. The maximum absolute atomic E-state index is 14.0. The van der Waals surface area contributed by atoms with Crippen molar-refractivity contribution < 1.29 is 18.7 Å². The normalized spacial score (nSPS) is 13.4. The lowest BCUT2D eigenvalue weighted by molar-refractivity contribution is -0.191. The predicted octanol–water partition coefficient (Wildman–Crippen LogP) is 6.14. The highest BCUT2D eigenvalue weighted by atomic mass is 19.1. The summed E-state index contributed by atoms with van der Waals surface area (Å²) >= 11 is 0. The van der Waals surface area contributed by atoms with Gasteiger partial charge in [0.1, 0.15) is 18.2 Å². The molecular formula is C25H29FO3. The first-order valence-corrected chi connectivity index (χ1v) is 10.1. The number of halogens is 1. The molecule has 0 aromatic heterocycles. The van der Waals surface area contributed by atoms with Gasteiger partial charge in [-0.05, 0) is 104 Å². The Morgan fingerprint density at radius 2 is 1.69 bits per heavy atom. The number of benzene rings is 2. The average molecular weight is 397 g/mol. The van der Waals surface area contributed by atoms with Gasteiger partial charge in [-0.15, -0.1) is 0 Å². The van der Waals surface area contributed by atoms with Crippen molar-refractivity contribution in [3.8, 4) is 5.75 Å². The van der Waals surface area contributed by atoms with E-state index in [1.807, 2.05) is 19.1 Å². The topological polar surface area (TPSA) is 43.4 Å². The molecule has 0 unspecified atom stereocenters. The number of rotatable bonds is 5. The van der Waals surface area contributed by atoms with Crippen LogP contribution in [0.25, 0.3) is 5.57 Å². The number of allylic oxidation sites excluding steroid dienone is 1. The number of hydrogen-bond donors (Lipinski definition) is 0. The summed E-state index contributed by atoms with van der Waals surface area (Å²) in [6.45, 7) is 8.89. The summed E-state index contributed by atoms with van der Waals surface area (Å²) in [7, 11) is 0. The van der Waals surface area contributed by atoms with Crippen LogP contribution in [-0.4, -0.2) is 12.8 Å². The van der Waals surface area contributed by atoms with Crippen LogP contribution in [0.15, 0.2) is 35.9 Å². The molecule has 0 N–H and O–H groups in total. The zero-order chi connectivity index (χ0) is 21.4. The van der Waals surface area contributed by atoms with Crippen molar-refractivity contribution in [3.05, 3.63) is 69.5 Å². The zero-order valence-electron chi connectivity index (χ0n) is 17.7. The maximum atomic E-state index is 14.0. The largest absolute Gasteiger partial charge is 0.489 e. The molecule has 0 fully saturated rings. The molecule has 0 atom stereocenters. The van der Waals surface area contributed by atoms with Gasteiger partial charge in [-0.3, -0.25) is 0 Å². The molecule has 4 heteroatoms. The molecular weight excluding hydrogens is 367 g/mol. The van der Waals surface area contributed by atoms with Gasteiger partial charge in [0.2, 0.25) is 0 Å². The Bertz CT molecular complexity index is 922. The molecule has 0 bridgehead atoms. The average Bonchev–Trinajstić information content (AvgIpc) is 2.72. The van der Waals surface area contributed by atoms with Crippen LogP contribution in [0.4, 0.5) is 4.39 Å². The van der Waals surface area contributed by atoms with E-state index in [4.69, 9.17) is 14.3 Å². The molecule has 1 aliphatic rings. The van der Waals surface area contributed by atoms with Crippen LogP contribution in [0.3, 0.4) is 0 Å². The zero-order valence-corrected chi connectivity index (χ0v) is 17.7. The third kappa shape index (κ3) is 5.65. The minimum absolute atomic E-state index is 0.123. The highest BCUT2D eigenvalue weighted by molar-refractivity contribution is 5.70. The van der Waals surface area contributed by atoms with E-state index in [1.165, 1.54) is 34.3 Å². The smallest absolute Gasteiger partial charge is 0.373 e. The number of carbonyl (C=O) groups excluding carboxylic acids is 2. The second-order valence-corrected chi connectivity index (χ2v) is 7.45. The van der Waals surface area contributed by atoms with E-state index in [0.717, 1.165) is 37.0 Å². The Morgan fingerprint density at radius 3 is 2.34 bits per heavy atom. The molecule has 3 rings (SSSR count). The molecule has 154 valence electrons. The van der Waals surface area contributed by atoms with E-state index in [1.54, 1.807) is 6.07 Å². The Morgan fingerprint density at radius 1 is 1.00 bits per heavy atom. The second-order valence-electron chi connectivity index (χ2n) is 7.45. The van der Waals surface area contributed by atoms with Crippen LogP contribution in [0.5, 0.6) is 5.75 Å². The van der Waals surface area contributed by atoms with E-state index < -0.39 is 0 Å². The van der Waals surface area contributed by atoms with Gasteiger partial charge >= 0.3 is 6.15 Å². The molecule has 0 radical (unpaired) electrons. The van der Waals surface area contributed by atoms with E-state index in [9.17, 15) is 4.39 Å². The van der Waals surface area contributed by atoms with Gasteiger partial charge in [-0.25, -0.2) is 4.39 Å². The summed E-state index contributed by atoms with van der Waals surface area (Å²) in [5.74, 6) is 0.842. The fourth-order valence-electron chi connectivity index (χ4n) is 3.81. The Hall–Kier alpha value is -2.71. The summed E-state index contributed by atoms with van der Waals surface area (Å²) in [5.41, 5.74) is 8.23. The van der Waals surface area contributed by atoms with Gasteiger partial charge in [0, 0.05) is 0 Å². The van der Waals surface area contributed by atoms with Crippen molar-refractivity contribution in [2.75, 3.05) is 6.61 Å². The van der Waals surface area contributed by atoms with Crippen LogP contribution >= 0.6 is 0 Å². The molecule has 0 spiro atoms. The SMILES string of the molecule is CCc1ccc(OCC2=C(c3ccc(C)c(F)c3)CCCC2)c(C)c1C.O=C=O. The maximum Gasteiger partial charge on any atom is 0.373 e. The summed E-state index contributed by atoms with van der Waals surface area (Å²) in [6, 6.07) is 9.87. The first-order valence-electron chi connectivity index (χ1n) is 10.1. The van der Waals surface area contributed by atoms with E-state index in [0.29, 0.717) is 12.2 Å². The Balaban J connectivity index is 0.000000941. The minimum atomic E-state index is -0.123. The lowest BCUT2D eigenvalue weighted by Crippen LogP contribution is -2.09. The fourth-order valence-corrected chi connectivity index (χ4v) is 3.81. The van der Waals surface area contributed by atoms with Crippen LogP contribution in [0.2, 0.25) is 0 Å². The Labute approximate surface area is 172 Å². The molecule has 0 heterocycles. The van der Waals surface area contributed by atoms with Crippen molar-refractivity contribution in [3.63, 3.8) is 0 Å². The van der Waals surface area contributed by atoms with Crippen LogP contribution in [0.1, 0.15) is 60.4 Å². The fraction of sp³-hybridized carbons (Fsp3) is 0.400. The van der Waals surface area contributed by atoms with Crippen LogP contribution in [0, 0.1) is 26.6 Å². The summed E-state index contributed by atoms with van der Waals surface area (Å²) in [5, 5.41) is 0.